The maximum Gasteiger partial charge on any atom is 0.276 e. The lowest BCUT2D eigenvalue weighted by Crippen LogP contribution is -2.50. The number of amides is 1. The first-order chi connectivity index (χ1) is 19.6. The van der Waals surface area contributed by atoms with Gasteiger partial charge in [0.15, 0.2) is 17.3 Å². The Kier molecular flexibility index (Phi) is 8.38. The van der Waals surface area contributed by atoms with Crippen LogP contribution in [0.15, 0.2) is 47.0 Å². The van der Waals surface area contributed by atoms with Crippen LogP contribution in [0, 0.1) is 24.1 Å². The minimum Gasteiger partial charge on any atom is -0.491 e. The molecule has 0 N–H and O–H groups in total. The van der Waals surface area contributed by atoms with Crippen molar-refractivity contribution in [1.29, 1.82) is 0 Å². The van der Waals surface area contributed by atoms with Crippen LogP contribution >= 0.6 is 23.2 Å². The van der Waals surface area contributed by atoms with E-state index >= 15 is 0 Å². The van der Waals surface area contributed by atoms with Gasteiger partial charge in [0.25, 0.3) is 5.91 Å². The second-order valence-electron chi connectivity index (χ2n) is 10.8. The van der Waals surface area contributed by atoms with Crippen molar-refractivity contribution in [2.75, 3.05) is 19.7 Å². The first kappa shape index (κ1) is 29.1. The molecular weight excluding hydrogens is 568 g/mol. The van der Waals surface area contributed by atoms with Crippen LogP contribution in [-0.2, 0) is 6.54 Å². The summed E-state index contributed by atoms with van der Waals surface area (Å²) < 4.78 is 27.4. The molecule has 1 aliphatic heterocycles. The summed E-state index contributed by atoms with van der Waals surface area (Å²) >= 11 is 12.2. The molecule has 216 valence electrons. The molecule has 4 aromatic rings. The van der Waals surface area contributed by atoms with Gasteiger partial charge >= 0.3 is 0 Å². The maximum absolute atomic E-state index is 14.4. The summed E-state index contributed by atoms with van der Waals surface area (Å²) in [5.74, 6) is 0.605. The highest BCUT2D eigenvalue weighted by atomic mass is 35.5. The second-order valence-corrected chi connectivity index (χ2v) is 11.6. The molecule has 1 saturated heterocycles. The van der Waals surface area contributed by atoms with Gasteiger partial charge in [-0.05, 0) is 69.0 Å². The zero-order valence-electron chi connectivity index (χ0n) is 23.5. The Morgan fingerprint density at radius 1 is 1.17 bits per heavy atom. The Morgan fingerprint density at radius 2 is 1.95 bits per heavy atom. The number of hydrogen-bond donors (Lipinski definition) is 0. The molecule has 0 bridgehead atoms. The standard InChI is InChI=1S/C30H32Cl2FN5O3/c1-5-40-26-10-8-20(14-24(26)33)25-15-38(36-35-25)17-30(18(2)3)11-6-12-37(16-30)29(39)27-19(4)41-28(34-27)21-7-9-22(31)23(32)13-21/h7-10,13-15,18H,5-6,11-12,16-17H2,1-4H3. The lowest BCUT2D eigenvalue weighted by Gasteiger charge is -2.45. The van der Waals surface area contributed by atoms with Gasteiger partial charge in [-0.25, -0.2) is 9.37 Å². The van der Waals surface area contributed by atoms with E-state index in [2.05, 4.69) is 29.1 Å². The fourth-order valence-electron chi connectivity index (χ4n) is 5.38. The molecule has 1 fully saturated rings. The number of carbonyl (C=O) groups is 1. The summed E-state index contributed by atoms with van der Waals surface area (Å²) in [4.78, 5) is 20.1. The quantitative estimate of drug-likeness (QED) is 0.211. The number of carbonyl (C=O) groups excluding carboxylic acids is 1. The molecule has 8 nitrogen and oxygen atoms in total. The monoisotopic (exact) mass is 599 g/mol. The van der Waals surface area contributed by atoms with Crippen LogP contribution in [0.3, 0.4) is 0 Å². The normalized spacial score (nSPS) is 17.3. The Morgan fingerprint density at radius 3 is 2.66 bits per heavy atom. The van der Waals surface area contributed by atoms with E-state index < -0.39 is 5.82 Å². The van der Waals surface area contributed by atoms with E-state index in [4.69, 9.17) is 32.4 Å². The van der Waals surface area contributed by atoms with Crippen molar-refractivity contribution in [2.24, 2.45) is 11.3 Å². The van der Waals surface area contributed by atoms with E-state index in [0.29, 0.717) is 64.8 Å². The van der Waals surface area contributed by atoms with Gasteiger partial charge in [0.1, 0.15) is 11.5 Å². The summed E-state index contributed by atoms with van der Waals surface area (Å²) in [6, 6.07) is 9.88. The Hall–Kier alpha value is -3.43. The number of piperidine rings is 1. The molecular formula is C30H32Cl2FN5O3. The number of halogens is 3. The van der Waals surface area contributed by atoms with Gasteiger partial charge in [-0.1, -0.05) is 42.3 Å². The molecule has 41 heavy (non-hydrogen) atoms. The highest BCUT2D eigenvalue weighted by Crippen LogP contribution is 2.40. The van der Waals surface area contributed by atoms with E-state index in [1.807, 2.05) is 18.0 Å². The summed E-state index contributed by atoms with van der Waals surface area (Å²) in [5, 5.41) is 9.47. The molecule has 0 spiro atoms. The summed E-state index contributed by atoms with van der Waals surface area (Å²) in [6.07, 6.45) is 3.59. The third-order valence-corrected chi connectivity index (χ3v) is 8.57. The first-order valence-electron chi connectivity index (χ1n) is 13.6. The zero-order valence-corrected chi connectivity index (χ0v) is 25.0. The van der Waals surface area contributed by atoms with Crippen LogP contribution in [-0.4, -0.2) is 50.5 Å². The van der Waals surface area contributed by atoms with Crippen molar-refractivity contribution in [3.05, 3.63) is 69.9 Å². The highest BCUT2D eigenvalue weighted by Gasteiger charge is 2.41. The zero-order chi connectivity index (χ0) is 29.3. The van der Waals surface area contributed by atoms with Gasteiger partial charge in [-0.15, -0.1) is 5.10 Å². The summed E-state index contributed by atoms with van der Waals surface area (Å²) in [5.41, 5.74) is 1.88. The Balaban J connectivity index is 1.35. The van der Waals surface area contributed by atoms with Gasteiger partial charge in [0.2, 0.25) is 5.89 Å². The van der Waals surface area contributed by atoms with E-state index in [1.54, 1.807) is 41.9 Å². The van der Waals surface area contributed by atoms with E-state index in [1.165, 1.54) is 6.07 Å². The van der Waals surface area contributed by atoms with Gasteiger partial charge in [-0.3, -0.25) is 9.48 Å². The van der Waals surface area contributed by atoms with Crippen LogP contribution in [0.1, 0.15) is 49.9 Å². The van der Waals surface area contributed by atoms with Crippen molar-refractivity contribution < 1.29 is 18.3 Å². The molecule has 1 atom stereocenters. The number of benzene rings is 2. The van der Waals surface area contributed by atoms with Crippen LogP contribution in [0.25, 0.3) is 22.7 Å². The molecule has 1 unspecified atom stereocenters. The SMILES string of the molecule is CCOc1ccc(-c2cn(CC3(C(C)C)CCCN(C(=O)c4nc(-c5ccc(Cl)c(Cl)c5)oc4C)C3)nn2)cc1F. The fourth-order valence-corrected chi connectivity index (χ4v) is 5.68. The van der Waals surface area contributed by atoms with Crippen molar-refractivity contribution >= 4 is 29.1 Å². The molecule has 5 rings (SSSR count). The molecule has 11 heteroatoms. The molecule has 3 heterocycles. The molecule has 0 aliphatic carbocycles. The number of rotatable bonds is 8. The number of aromatic nitrogens is 4. The van der Waals surface area contributed by atoms with Gasteiger partial charge in [-0.2, -0.15) is 0 Å². The molecule has 2 aromatic heterocycles. The highest BCUT2D eigenvalue weighted by molar-refractivity contribution is 6.42. The lowest BCUT2D eigenvalue weighted by atomic mass is 9.71. The molecule has 1 amide bonds. The number of nitrogens with zero attached hydrogens (tertiary/aromatic N) is 5. The minimum absolute atomic E-state index is 0.175. The van der Waals surface area contributed by atoms with Crippen molar-refractivity contribution in [1.82, 2.24) is 24.9 Å². The molecule has 1 aliphatic rings. The van der Waals surface area contributed by atoms with E-state index in [-0.39, 0.29) is 28.7 Å². The largest absolute Gasteiger partial charge is 0.491 e. The minimum atomic E-state index is -0.440. The number of oxazole rings is 1. The van der Waals surface area contributed by atoms with E-state index in [0.717, 1.165) is 12.8 Å². The third kappa shape index (κ3) is 5.97. The second kappa shape index (κ2) is 11.8. The summed E-state index contributed by atoms with van der Waals surface area (Å²) in [7, 11) is 0. The average Bonchev–Trinajstić information content (AvgIpc) is 3.57. The first-order valence-corrected chi connectivity index (χ1v) is 14.4. The third-order valence-electron chi connectivity index (χ3n) is 7.83. The Labute approximate surface area is 248 Å². The van der Waals surface area contributed by atoms with E-state index in [9.17, 15) is 9.18 Å². The average molecular weight is 601 g/mol. The topological polar surface area (TPSA) is 86.3 Å². The number of ether oxygens (including phenoxy) is 1. The molecule has 0 saturated carbocycles. The number of hydrogen-bond acceptors (Lipinski definition) is 6. The van der Waals surface area contributed by atoms with Crippen molar-refractivity contribution in [2.45, 2.75) is 47.1 Å². The lowest BCUT2D eigenvalue weighted by molar-refractivity contribution is 0.0234. The van der Waals surface area contributed by atoms with Gasteiger partial charge in [0, 0.05) is 29.6 Å². The van der Waals surface area contributed by atoms with Gasteiger partial charge < -0.3 is 14.1 Å². The van der Waals surface area contributed by atoms with Crippen LogP contribution in [0.4, 0.5) is 4.39 Å². The molecule has 2 aromatic carbocycles. The van der Waals surface area contributed by atoms with Gasteiger partial charge in [0.05, 0.1) is 29.4 Å². The van der Waals surface area contributed by atoms with Crippen molar-refractivity contribution in [3.63, 3.8) is 0 Å². The smallest absolute Gasteiger partial charge is 0.276 e. The van der Waals surface area contributed by atoms with Crippen LogP contribution in [0.2, 0.25) is 10.0 Å². The van der Waals surface area contributed by atoms with Crippen LogP contribution < -0.4 is 4.74 Å². The number of likely N-dealkylation sites (tertiary alicyclic amines) is 1. The molecule has 0 radical (unpaired) electrons. The van der Waals surface area contributed by atoms with Crippen LogP contribution in [0.5, 0.6) is 5.75 Å². The fraction of sp³-hybridized carbons (Fsp3) is 0.400. The van der Waals surface area contributed by atoms with Crippen molar-refractivity contribution in [3.8, 4) is 28.5 Å². The predicted octanol–water partition coefficient (Wildman–Crippen LogP) is 7.33. The number of aryl methyl sites for hydroxylation is 1. The Bertz CT molecular complexity index is 1570. The summed E-state index contributed by atoms with van der Waals surface area (Å²) in [6.45, 7) is 9.98. The maximum atomic E-state index is 14.4. The predicted molar refractivity (Wildman–Crippen MR) is 156 cm³/mol.